The summed E-state index contributed by atoms with van der Waals surface area (Å²) < 4.78 is 5.34. The largest absolute Gasteiger partial charge is 0.494 e. The van der Waals surface area contributed by atoms with Crippen molar-refractivity contribution >= 4 is 6.29 Å². The van der Waals surface area contributed by atoms with Crippen molar-refractivity contribution in [3.8, 4) is 17.0 Å². The molecule has 0 spiro atoms. The number of carbonyl (C=O) groups excluding carboxylic acids is 1. The summed E-state index contributed by atoms with van der Waals surface area (Å²) in [6, 6.07) is 7.49. The second-order valence-corrected chi connectivity index (χ2v) is 3.24. The van der Waals surface area contributed by atoms with Gasteiger partial charge in [-0.05, 0) is 31.2 Å². The summed E-state index contributed by atoms with van der Waals surface area (Å²) in [7, 11) is 0. The van der Waals surface area contributed by atoms with Gasteiger partial charge in [-0.25, -0.2) is 4.98 Å². The maximum atomic E-state index is 10.7. The normalized spacial score (nSPS) is 10.1. The van der Waals surface area contributed by atoms with Gasteiger partial charge in [0.2, 0.25) is 0 Å². The van der Waals surface area contributed by atoms with Gasteiger partial charge in [0, 0.05) is 5.56 Å². The van der Waals surface area contributed by atoms with Crippen molar-refractivity contribution in [2.24, 2.45) is 0 Å². The molecule has 1 N–H and O–H groups in total. The summed E-state index contributed by atoms with van der Waals surface area (Å²) in [5.41, 5.74) is 2.05. The zero-order valence-electron chi connectivity index (χ0n) is 8.93. The van der Waals surface area contributed by atoms with Crippen LogP contribution in [0.2, 0.25) is 0 Å². The summed E-state index contributed by atoms with van der Waals surface area (Å²) >= 11 is 0. The molecule has 0 amide bonds. The SMILES string of the molecule is CCOc1ccc(-c2nc[nH]c2C=O)cc1. The number of carbonyl (C=O) groups is 1. The number of benzene rings is 1. The van der Waals surface area contributed by atoms with E-state index in [1.807, 2.05) is 31.2 Å². The van der Waals surface area contributed by atoms with E-state index in [4.69, 9.17) is 4.74 Å². The monoisotopic (exact) mass is 216 g/mol. The Labute approximate surface area is 93.3 Å². The van der Waals surface area contributed by atoms with Crippen LogP contribution in [0.15, 0.2) is 30.6 Å². The first kappa shape index (κ1) is 10.4. The van der Waals surface area contributed by atoms with Crippen LogP contribution in [0.1, 0.15) is 17.4 Å². The number of nitrogens with zero attached hydrogens (tertiary/aromatic N) is 1. The van der Waals surface area contributed by atoms with Crippen LogP contribution in [0.25, 0.3) is 11.3 Å². The minimum atomic E-state index is 0.490. The number of rotatable bonds is 4. The number of ether oxygens (including phenoxy) is 1. The molecule has 1 aromatic heterocycles. The van der Waals surface area contributed by atoms with Gasteiger partial charge in [0.15, 0.2) is 6.29 Å². The Morgan fingerprint density at radius 2 is 2.12 bits per heavy atom. The number of aldehydes is 1. The fourth-order valence-corrected chi connectivity index (χ4v) is 1.50. The third-order valence-corrected chi connectivity index (χ3v) is 2.23. The Hall–Kier alpha value is -2.10. The van der Waals surface area contributed by atoms with E-state index < -0.39 is 0 Å². The van der Waals surface area contributed by atoms with Crippen molar-refractivity contribution in [1.82, 2.24) is 9.97 Å². The molecular formula is C12H12N2O2. The maximum absolute atomic E-state index is 10.7. The molecule has 2 rings (SSSR count). The number of imidazole rings is 1. The molecule has 0 atom stereocenters. The molecule has 0 bridgehead atoms. The topological polar surface area (TPSA) is 55.0 Å². The van der Waals surface area contributed by atoms with Crippen LogP contribution in [-0.2, 0) is 0 Å². The lowest BCUT2D eigenvalue weighted by molar-refractivity contribution is 0.112. The van der Waals surface area contributed by atoms with Crippen molar-refractivity contribution < 1.29 is 9.53 Å². The molecule has 1 aromatic carbocycles. The predicted octanol–water partition coefficient (Wildman–Crippen LogP) is 2.29. The molecule has 0 aliphatic rings. The highest BCUT2D eigenvalue weighted by atomic mass is 16.5. The standard InChI is InChI=1S/C12H12N2O2/c1-2-16-10-5-3-9(4-6-10)12-11(7-15)13-8-14-12/h3-8H,2H2,1H3,(H,13,14). The van der Waals surface area contributed by atoms with Crippen LogP contribution in [-0.4, -0.2) is 22.9 Å². The van der Waals surface area contributed by atoms with Gasteiger partial charge in [-0.2, -0.15) is 0 Å². The van der Waals surface area contributed by atoms with Gasteiger partial charge < -0.3 is 9.72 Å². The third-order valence-electron chi connectivity index (χ3n) is 2.23. The lowest BCUT2D eigenvalue weighted by Crippen LogP contribution is -1.91. The zero-order valence-corrected chi connectivity index (χ0v) is 8.93. The van der Waals surface area contributed by atoms with Crippen molar-refractivity contribution in [1.29, 1.82) is 0 Å². The molecule has 82 valence electrons. The average molecular weight is 216 g/mol. The van der Waals surface area contributed by atoms with Crippen LogP contribution in [0.4, 0.5) is 0 Å². The quantitative estimate of drug-likeness (QED) is 0.798. The van der Waals surface area contributed by atoms with Gasteiger partial charge in [-0.3, -0.25) is 4.79 Å². The fourth-order valence-electron chi connectivity index (χ4n) is 1.50. The Morgan fingerprint density at radius 1 is 1.38 bits per heavy atom. The van der Waals surface area contributed by atoms with E-state index in [1.54, 1.807) is 0 Å². The minimum Gasteiger partial charge on any atom is -0.494 e. The van der Waals surface area contributed by atoms with Gasteiger partial charge >= 0.3 is 0 Å². The highest BCUT2D eigenvalue weighted by Gasteiger charge is 2.06. The first-order chi connectivity index (χ1) is 7.85. The van der Waals surface area contributed by atoms with Crippen LogP contribution >= 0.6 is 0 Å². The van der Waals surface area contributed by atoms with Crippen molar-refractivity contribution in [2.45, 2.75) is 6.92 Å². The fraction of sp³-hybridized carbons (Fsp3) is 0.167. The Bertz CT molecular complexity index is 474. The molecule has 0 saturated carbocycles. The molecular weight excluding hydrogens is 204 g/mol. The van der Waals surface area contributed by atoms with Crippen LogP contribution in [0, 0.1) is 0 Å². The van der Waals surface area contributed by atoms with Crippen molar-refractivity contribution in [3.05, 3.63) is 36.3 Å². The van der Waals surface area contributed by atoms with Crippen LogP contribution in [0.5, 0.6) is 5.75 Å². The molecule has 1 heterocycles. The number of aromatic nitrogens is 2. The summed E-state index contributed by atoms with van der Waals surface area (Å²) in [4.78, 5) is 17.6. The van der Waals surface area contributed by atoms with Gasteiger partial charge in [0.05, 0.1) is 18.6 Å². The number of H-pyrrole nitrogens is 1. The molecule has 0 saturated heterocycles. The molecule has 2 aromatic rings. The van der Waals surface area contributed by atoms with Crippen LogP contribution in [0.3, 0.4) is 0 Å². The number of hydrogen-bond acceptors (Lipinski definition) is 3. The van der Waals surface area contributed by atoms with Gasteiger partial charge in [-0.15, -0.1) is 0 Å². The second-order valence-electron chi connectivity index (χ2n) is 3.24. The maximum Gasteiger partial charge on any atom is 0.168 e. The van der Waals surface area contributed by atoms with Crippen LogP contribution < -0.4 is 4.74 Å². The predicted molar refractivity (Wildman–Crippen MR) is 60.6 cm³/mol. The van der Waals surface area contributed by atoms with E-state index in [1.165, 1.54) is 6.33 Å². The first-order valence-corrected chi connectivity index (χ1v) is 5.07. The van der Waals surface area contributed by atoms with Crippen molar-refractivity contribution in [3.63, 3.8) is 0 Å². The number of hydrogen-bond donors (Lipinski definition) is 1. The molecule has 4 heteroatoms. The molecule has 0 radical (unpaired) electrons. The smallest absolute Gasteiger partial charge is 0.168 e. The molecule has 0 aliphatic carbocycles. The summed E-state index contributed by atoms with van der Waals surface area (Å²) in [5, 5.41) is 0. The lowest BCUT2D eigenvalue weighted by Gasteiger charge is -2.03. The van der Waals surface area contributed by atoms with E-state index in [0.717, 1.165) is 17.6 Å². The molecule has 0 fully saturated rings. The highest BCUT2D eigenvalue weighted by molar-refractivity contribution is 5.83. The summed E-state index contributed by atoms with van der Waals surface area (Å²) in [5.74, 6) is 0.814. The average Bonchev–Trinajstić information content (AvgIpc) is 2.78. The number of nitrogens with one attached hydrogen (secondary N) is 1. The second kappa shape index (κ2) is 4.61. The van der Waals surface area contributed by atoms with E-state index in [9.17, 15) is 4.79 Å². The lowest BCUT2D eigenvalue weighted by atomic mass is 10.1. The Morgan fingerprint density at radius 3 is 2.75 bits per heavy atom. The molecule has 16 heavy (non-hydrogen) atoms. The van der Waals surface area contributed by atoms with Crippen molar-refractivity contribution in [2.75, 3.05) is 6.61 Å². The first-order valence-electron chi connectivity index (χ1n) is 5.07. The molecule has 0 aliphatic heterocycles. The van der Waals surface area contributed by atoms with Gasteiger partial charge in [-0.1, -0.05) is 0 Å². The van der Waals surface area contributed by atoms with Gasteiger partial charge in [0.25, 0.3) is 0 Å². The summed E-state index contributed by atoms with van der Waals surface area (Å²) in [6.45, 7) is 2.58. The molecule has 0 unspecified atom stereocenters. The minimum absolute atomic E-state index is 0.490. The Balaban J connectivity index is 2.31. The Kier molecular flexibility index (Phi) is 3.00. The molecule has 4 nitrogen and oxygen atoms in total. The third kappa shape index (κ3) is 1.95. The van der Waals surface area contributed by atoms with Gasteiger partial charge in [0.1, 0.15) is 11.4 Å². The summed E-state index contributed by atoms with van der Waals surface area (Å²) in [6.07, 6.45) is 2.27. The highest BCUT2D eigenvalue weighted by Crippen LogP contribution is 2.22. The zero-order chi connectivity index (χ0) is 11.4. The van der Waals surface area contributed by atoms with E-state index >= 15 is 0 Å². The number of aromatic amines is 1. The van der Waals surface area contributed by atoms with E-state index in [0.29, 0.717) is 18.0 Å². The van der Waals surface area contributed by atoms with E-state index in [2.05, 4.69) is 9.97 Å². The van der Waals surface area contributed by atoms with E-state index in [-0.39, 0.29) is 0 Å².